The fourth-order valence-electron chi connectivity index (χ4n) is 1.71. The third-order valence-corrected chi connectivity index (χ3v) is 2.76. The van der Waals surface area contributed by atoms with Crippen molar-refractivity contribution in [3.63, 3.8) is 0 Å². The van der Waals surface area contributed by atoms with Crippen LogP contribution >= 0.6 is 15.9 Å². The molecule has 2 N–H and O–H groups in total. The van der Waals surface area contributed by atoms with E-state index in [9.17, 15) is 0 Å². The third-order valence-electron chi connectivity index (χ3n) is 2.32. The van der Waals surface area contributed by atoms with Gasteiger partial charge in [-0.2, -0.15) is 0 Å². The first-order valence-corrected chi connectivity index (χ1v) is 5.09. The van der Waals surface area contributed by atoms with Gasteiger partial charge in [-0.05, 0) is 22.0 Å². The van der Waals surface area contributed by atoms with Gasteiger partial charge >= 0.3 is 0 Å². The topological polar surface area (TPSA) is 29.5 Å². The van der Waals surface area contributed by atoms with Crippen molar-refractivity contribution in [1.29, 1.82) is 0 Å². The summed E-state index contributed by atoms with van der Waals surface area (Å²) in [4.78, 5) is 4.16. The molecule has 0 aromatic carbocycles. The lowest BCUT2D eigenvalue weighted by atomic mass is 10.1. The van der Waals surface area contributed by atoms with Crippen molar-refractivity contribution in [3.05, 3.63) is 28.5 Å². The molecule has 64 valence electrons. The van der Waals surface area contributed by atoms with E-state index >= 15 is 0 Å². The lowest BCUT2D eigenvalue weighted by molar-refractivity contribution is -0.676. The fraction of sp³-hybridized carbons (Fsp3) is 0.444. The van der Waals surface area contributed by atoms with E-state index in [1.54, 1.807) is 0 Å². The quantitative estimate of drug-likeness (QED) is 0.769. The van der Waals surface area contributed by atoms with Gasteiger partial charge < -0.3 is 5.32 Å². The van der Waals surface area contributed by atoms with Crippen LogP contribution in [0.4, 0.5) is 0 Å². The van der Waals surface area contributed by atoms with Crippen molar-refractivity contribution in [2.24, 2.45) is 0 Å². The number of halogens is 1. The number of nitrogens with zero attached hydrogens (tertiary/aromatic N) is 1. The lowest BCUT2D eigenvalue weighted by Crippen LogP contribution is -2.81. The number of aromatic nitrogens is 1. The summed E-state index contributed by atoms with van der Waals surface area (Å²) < 4.78 is 1.08. The summed E-state index contributed by atoms with van der Waals surface area (Å²) in [6.45, 7) is 1.26. The van der Waals surface area contributed by atoms with Crippen LogP contribution in [0, 0.1) is 0 Å². The van der Waals surface area contributed by atoms with Crippen LogP contribution in [0.3, 0.4) is 0 Å². The van der Waals surface area contributed by atoms with Gasteiger partial charge in [0.2, 0.25) is 0 Å². The molecule has 0 saturated carbocycles. The zero-order valence-corrected chi connectivity index (χ0v) is 8.42. The maximum absolute atomic E-state index is 4.16. The third kappa shape index (κ3) is 1.67. The van der Waals surface area contributed by atoms with E-state index < -0.39 is 0 Å². The van der Waals surface area contributed by atoms with Crippen LogP contribution in [0.2, 0.25) is 0 Å². The maximum atomic E-state index is 4.16. The SMILES string of the molecule is Brc1cncc([C@H]2CCC[NH2+]2)c1. The van der Waals surface area contributed by atoms with E-state index in [4.69, 9.17) is 0 Å². The highest BCUT2D eigenvalue weighted by molar-refractivity contribution is 9.10. The summed E-state index contributed by atoms with van der Waals surface area (Å²) in [5.74, 6) is 0. The first-order chi connectivity index (χ1) is 5.86. The van der Waals surface area contributed by atoms with Gasteiger partial charge in [0, 0.05) is 35.3 Å². The largest absolute Gasteiger partial charge is 0.340 e. The van der Waals surface area contributed by atoms with E-state index in [-0.39, 0.29) is 0 Å². The summed E-state index contributed by atoms with van der Waals surface area (Å²) in [6, 6.07) is 2.81. The van der Waals surface area contributed by atoms with Gasteiger partial charge in [-0.15, -0.1) is 0 Å². The molecule has 0 unspecified atom stereocenters. The average Bonchev–Trinajstić information content (AvgIpc) is 2.56. The number of rotatable bonds is 1. The Morgan fingerprint density at radius 1 is 1.50 bits per heavy atom. The Bertz CT molecular complexity index is 269. The standard InChI is InChI=1S/C9H11BrN2/c10-8-4-7(5-11-6-8)9-2-1-3-12-9/h4-6,9,12H,1-3H2/p+1/t9-/m1/s1. The van der Waals surface area contributed by atoms with E-state index in [1.807, 2.05) is 12.4 Å². The van der Waals surface area contributed by atoms with Crippen LogP contribution < -0.4 is 5.32 Å². The molecule has 0 aliphatic carbocycles. The summed E-state index contributed by atoms with van der Waals surface area (Å²) in [7, 11) is 0. The van der Waals surface area contributed by atoms with Gasteiger partial charge in [-0.1, -0.05) is 0 Å². The summed E-state index contributed by atoms with van der Waals surface area (Å²) in [5.41, 5.74) is 1.35. The molecule has 2 heterocycles. The van der Waals surface area contributed by atoms with Crippen molar-refractivity contribution in [2.75, 3.05) is 6.54 Å². The Morgan fingerprint density at radius 2 is 2.42 bits per heavy atom. The van der Waals surface area contributed by atoms with Crippen LogP contribution in [0.15, 0.2) is 22.9 Å². The summed E-state index contributed by atoms with van der Waals surface area (Å²) in [6.07, 6.45) is 6.42. The highest BCUT2D eigenvalue weighted by Crippen LogP contribution is 2.19. The molecule has 2 rings (SSSR count). The summed E-state index contributed by atoms with van der Waals surface area (Å²) in [5, 5.41) is 2.39. The monoisotopic (exact) mass is 227 g/mol. The number of pyridine rings is 1. The second kappa shape index (κ2) is 3.54. The second-order valence-electron chi connectivity index (χ2n) is 3.21. The Balaban J connectivity index is 2.21. The Kier molecular flexibility index (Phi) is 2.42. The predicted octanol–water partition coefficient (Wildman–Crippen LogP) is 1.24. The van der Waals surface area contributed by atoms with Crippen molar-refractivity contribution in [2.45, 2.75) is 18.9 Å². The first-order valence-electron chi connectivity index (χ1n) is 4.30. The lowest BCUT2D eigenvalue weighted by Gasteiger charge is -2.06. The van der Waals surface area contributed by atoms with Gasteiger partial charge in [0.25, 0.3) is 0 Å². The normalized spacial score (nSPS) is 22.9. The molecule has 1 saturated heterocycles. The van der Waals surface area contributed by atoms with E-state index in [0.717, 1.165) is 4.47 Å². The molecule has 0 radical (unpaired) electrons. The summed E-state index contributed by atoms with van der Waals surface area (Å²) >= 11 is 3.43. The Hall–Kier alpha value is -0.410. The van der Waals surface area contributed by atoms with E-state index in [2.05, 4.69) is 32.3 Å². The smallest absolute Gasteiger partial charge is 0.113 e. The molecule has 2 nitrogen and oxygen atoms in total. The number of nitrogens with two attached hydrogens (primary N) is 1. The number of quaternary nitrogens is 1. The molecule has 1 atom stereocenters. The van der Waals surface area contributed by atoms with Gasteiger partial charge in [0.1, 0.15) is 6.04 Å². The van der Waals surface area contributed by atoms with Crippen molar-refractivity contribution in [3.8, 4) is 0 Å². The van der Waals surface area contributed by atoms with Crippen molar-refractivity contribution >= 4 is 15.9 Å². The highest BCUT2D eigenvalue weighted by atomic mass is 79.9. The van der Waals surface area contributed by atoms with Crippen LogP contribution in [-0.2, 0) is 0 Å². The fourth-order valence-corrected chi connectivity index (χ4v) is 2.09. The van der Waals surface area contributed by atoms with Crippen LogP contribution in [0.1, 0.15) is 24.4 Å². The molecule has 1 aromatic rings. The van der Waals surface area contributed by atoms with Gasteiger partial charge in [-0.25, -0.2) is 0 Å². The molecular formula is C9H12BrN2+. The molecule has 3 heteroatoms. The van der Waals surface area contributed by atoms with Crippen molar-refractivity contribution < 1.29 is 5.32 Å². The molecule has 0 amide bonds. The molecule has 1 aliphatic heterocycles. The van der Waals surface area contributed by atoms with Gasteiger partial charge in [-0.3, -0.25) is 4.98 Å². The molecule has 12 heavy (non-hydrogen) atoms. The van der Waals surface area contributed by atoms with Gasteiger partial charge in [0.15, 0.2) is 0 Å². The predicted molar refractivity (Wildman–Crippen MR) is 50.7 cm³/mol. The van der Waals surface area contributed by atoms with Crippen LogP contribution in [-0.4, -0.2) is 11.5 Å². The van der Waals surface area contributed by atoms with Crippen LogP contribution in [0.5, 0.6) is 0 Å². The molecular weight excluding hydrogens is 216 g/mol. The number of hydrogen-bond acceptors (Lipinski definition) is 1. The Labute approximate surface area is 80.5 Å². The van der Waals surface area contributed by atoms with Crippen LogP contribution in [0.25, 0.3) is 0 Å². The number of hydrogen-bond donors (Lipinski definition) is 1. The Morgan fingerprint density at radius 3 is 3.08 bits per heavy atom. The minimum Gasteiger partial charge on any atom is -0.340 e. The molecule has 0 bridgehead atoms. The maximum Gasteiger partial charge on any atom is 0.113 e. The molecule has 0 spiro atoms. The minimum absolute atomic E-state index is 0.648. The molecule has 1 aliphatic rings. The van der Waals surface area contributed by atoms with Gasteiger partial charge in [0.05, 0.1) is 6.54 Å². The zero-order valence-electron chi connectivity index (χ0n) is 6.83. The van der Waals surface area contributed by atoms with E-state index in [0.29, 0.717) is 6.04 Å². The zero-order chi connectivity index (χ0) is 8.39. The highest BCUT2D eigenvalue weighted by Gasteiger charge is 2.20. The molecule has 1 aromatic heterocycles. The minimum atomic E-state index is 0.648. The average molecular weight is 228 g/mol. The first kappa shape index (κ1) is 8.20. The molecule has 1 fully saturated rings. The van der Waals surface area contributed by atoms with Crippen molar-refractivity contribution in [1.82, 2.24) is 4.98 Å². The van der Waals surface area contributed by atoms with E-state index in [1.165, 1.54) is 24.9 Å². The second-order valence-corrected chi connectivity index (χ2v) is 4.13.